The molecule has 1 aromatic rings. The van der Waals surface area contributed by atoms with Crippen LogP contribution in [0.1, 0.15) is 23.8 Å². The summed E-state index contributed by atoms with van der Waals surface area (Å²) < 4.78 is 0. The van der Waals surface area contributed by atoms with Gasteiger partial charge in [-0.3, -0.25) is 4.79 Å². The number of aliphatic carboxylic acids is 1. The van der Waals surface area contributed by atoms with Gasteiger partial charge in [-0.1, -0.05) is 6.92 Å². The van der Waals surface area contributed by atoms with E-state index in [2.05, 4.69) is 4.98 Å². The molecule has 2 N–H and O–H groups in total. The molecule has 2 heterocycles. The molecule has 2 atom stereocenters. The summed E-state index contributed by atoms with van der Waals surface area (Å²) in [5.41, 5.74) is 0.442. The number of thioether (sulfide) groups is 1. The second-order valence-electron chi connectivity index (χ2n) is 3.85. The van der Waals surface area contributed by atoms with E-state index >= 15 is 0 Å². The molecule has 92 valence electrons. The molecule has 0 aliphatic carbocycles. The molecule has 1 fully saturated rings. The summed E-state index contributed by atoms with van der Waals surface area (Å²) in [6, 6.07) is 2.67. The lowest BCUT2D eigenvalue weighted by atomic mass is 10.2. The predicted molar refractivity (Wildman–Crippen MR) is 64.9 cm³/mol. The number of hydrogen-bond acceptors (Lipinski definition) is 3. The van der Waals surface area contributed by atoms with Gasteiger partial charge in [-0.25, -0.2) is 4.79 Å². The Hall–Kier alpha value is -1.43. The molecule has 1 aliphatic rings. The molecule has 6 heteroatoms. The number of nitrogens with one attached hydrogen (secondary N) is 1. The lowest BCUT2D eigenvalue weighted by Gasteiger charge is -2.26. The first-order chi connectivity index (χ1) is 8.15. The van der Waals surface area contributed by atoms with Gasteiger partial charge in [0.25, 0.3) is 5.91 Å². The quantitative estimate of drug-likeness (QED) is 0.855. The van der Waals surface area contributed by atoms with Crippen molar-refractivity contribution in [2.45, 2.75) is 24.8 Å². The SMILES string of the molecule is CCC1SCC(C(=O)O)N1C(=O)c1ccc[nH]1. The van der Waals surface area contributed by atoms with Crippen LogP contribution < -0.4 is 0 Å². The van der Waals surface area contributed by atoms with Crippen molar-refractivity contribution in [2.24, 2.45) is 0 Å². The van der Waals surface area contributed by atoms with E-state index < -0.39 is 12.0 Å². The molecule has 0 radical (unpaired) electrons. The number of aromatic amines is 1. The van der Waals surface area contributed by atoms with Crippen molar-refractivity contribution in [3.05, 3.63) is 24.0 Å². The van der Waals surface area contributed by atoms with Crippen LogP contribution >= 0.6 is 11.8 Å². The minimum atomic E-state index is -0.937. The Morgan fingerprint density at radius 1 is 1.65 bits per heavy atom. The summed E-state index contributed by atoms with van der Waals surface area (Å²) in [4.78, 5) is 27.6. The third-order valence-corrected chi connectivity index (χ3v) is 4.24. The van der Waals surface area contributed by atoms with Crippen LogP contribution in [0.3, 0.4) is 0 Å². The summed E-state index contributed by atoms with van der Waals surface area (Å²) in [5, 5.41) is 9.08. The van der Waals surface area contributed by atoms with Gasteiger partial charge < -0.3 is 15.0 Å². The van der Waals surface area contributed by atoms with Crippen molar-refractivity contribution in [2.75, 3.05) is 5.75 Å². The maximum Gasteiger partial charge on any atom is 0.327 e. The first kappa shape index (κ1) is 12.0. The summed E-state index contributed by atoms with van der Waals surface area (Å²) in [5.74, 6) is -0.715. The van der Waals surface area contributed by atoms with Crippen molar-refractivity contribution < 1.29 is 14.7 Å². The van der Waals surface area contributed by atoms with Crippen LogP contribution in [0, 0.1) is 0 Å². The van der Waals surface area contributed by atoms with E-state index in [-0.39, 0.29) is 11.3 Å². The first-order valence-electron chi connectivity index (χ1n) is 5.45. The Labute approximate surface area is 103 Å². The Kier molecular flexibility index (Phi) is 3.42. The standard InChI is InChI=1S/C11H14N2O3S/c1-2-9-13(8(6-17-9)11(15)16)10(14)7-4-3-5-12-7/h3-5,8-9,12H,2,6H2,1H3,(H,15,16). The number of carboxylic acids is 1. The zero-order valence-corrected chi connectivity index (χ0v) is 10.2. The molecule has 2 rings (SSSR count). The Bertz CT molecular complexity index is 418. The molecule has 5 nitrogen and oxygen atoms in total. The Morgan fingerprint density at radius 2 is 2.41 bits per heavy atom. The van der Waals surface area contributed by atoms with Crippen molar-refractivity contribution >= 4 is 23.6 Å². The molecular weight excluding hydrogens is 240 g/mol. The first-order valence-corrected chi connectivity index (χ1v) is 6.50. The third-order valence-electron chi connectivity index (χ3n) is 2.79. The van der Waals surface area contributed by atoms with Gasteiger partial charge in [0.05, 0.1) is 5.37 Å². The van der Waals surface area contributed by atoms with Gasteiger partial charge in [0.1, 0.15) is 11.7 Å². The number of carbonyl (C=O) groups is 2. The number of carboxylic acid groups (broad SMARTS) is 1. The zero-order valence-electron chi connectivity index (χ0n) is 9.42. The van der Waals surface area contributed by atoms with Crippen molar-refractivity contribution in [3.8, 4) is 0 Å². The Balaban J connectivity index is 2.25. The number of rotatable bonds is 3. The fourth-order valence-electron chi connectivity index (χ4n) is 1.94. The van der Waals surface area contributed by atoms with Crippen molar-refractivity contribution in [1.29, 1.82) is 0 Å². The van der Waals surface area contributed by atoms with E-state index in [0.29, 0.717) is 11.4 Å². The minimum Gasteiger partial charge on any atom is -0.480 e. The number of amides is 1. The van der Waals surface area contributed by atoms with Gasteiger partial charge in [0.2, 0.25) is 0 Å². The van der Waals surface area contributed by atoms with Crippen molar-refractivity contribution in [1.82, 2.24) is 9.88 Å². The largest absolute Gasteiger partial charge is 0.480 e. The van der Waals surface area contributed by atoms with Crippen LogP contribution in [0.4, 0.5) is 0 Å². The number of carbonyl (C=O) groups excluding carboxylic acids is 1. The van der Waals surface area contributed by atoms with Crippen LogP contribution in [-0.2, 0) is 4.79 Å². The van der Waals surface area contributed by atoms with E-state index in [4.69, 9.17) is 5.11 Å². The molecular formula is C11H14N2O3S. The lowest BCUT2D eigenvalue weighted by molar-refractivity contribution is -0.141. The maximum absolute atomic E-state index is 12.2. The second-order valence-corrected chi connectivity index (χ2v) is 5.06. The van der Waals surface area contributed by atoms with Gasteiger partial charge in [0.15, 0.2) is 0 Å². The summed E-state index contributed by atoms with van der Waals surface area (Å²) in [6.07, 6.45) is 2.41. The van der Waals surface area contributed by atoms with Crippen LogP contribution in [0.5, 0.6) is 0 Å². The number of nitrogens with zero attached hydrogens (tertiary/aromatic N) is 1. The topological polar surface area (TPSA) is 73.4 Å². The van der Waals surface area contributed by atoms with Gasteiger partial charge in [0, 0.05) is 11.9 Å². The number of hydrogen-bond donors (Lipinski definition) is 2. The molecule has 1 aliphatic heterocycles. The maximum atomic E-state index is 12.2. The van der Waals surface area contributed by atoms with E-state index in [9.17, 15) is 9.59 Å². The van der Waals surface area contributed by atoms with Crippen LogP contribution in [-0.4, -0.2) is 44.0 Å². The molecule has 0 saturated carbocycles. The number of aromatic nitrogens is 1. The molecule has 0 spiro atoms. The molecule has 1 saturated heterocycles. The predicted octanol–water partition coefficient (Wildman–Crippen LogP) is 1.39. The zero-order chi connectivity index (χ0) is 12.4. The summed E-state index contributed by atoms with van der Waals surface area (Å²) in [7, 11) is 0. The highest BCUT2D eigenvalue weighted by Crippen LogP contribution is 2.32. The molecule has 0 bridgehead atoms. The van der Waals surface area contributed by atoms with Crippen molar-refractivity contribution in [3.63, 3.8) is 0 Å². The molecule has 0 aromatic carbocycles. The van der Waals surface area contributed by atoms with Gasteiger partial charge in [-0.2, -0.15) is 0 Å². The summed E-state index contributed by atoms with van der Waals surface area (Å²) >= 11 is 1.52. The third kappa shape index (κ3) is 2.17. The van der Waals surface area contributed by atoms with E-state index in [1.54, 1.807) is 18.3 Å². The highest BCUT2D eigenvalue weighted by Gasteiger charge is 2.41. The minimum absolute atomic E-state index is 0.0492. The molecule has 1 amide bonds. The van der Waals surface area contributed by atoms with E-state index in [1.807, 2.05) is 6.92 Å². The van der Waals surface area contributed by atoms with E-state index in [1.165, 1.54) is 16.7 Å². The Morgan fingerprint density at radius 3 is 2.94 bits per heavy atom. The average Bonchev–Trinajstić information content (AvgIpc) is 2.96. The fourth-order valence-corrected chi connectivity index (χ4v) is 3.29. The second kappa shape index (κ2) is 4.83. The lowest BCUT2D eigenvalue weighted by Crippen LogP contribution is -2.45. The van der Waals surface area contributed by atoms with Gasteiger partial charge >= 0.3 is 5.97 Å². The highest BCUT2D eigenvalue weighted by molar-refractivity contribution is 8.00. The van der Waals surface area contributed by atoms with Crippen LogP contribution in [0.15, 0.2) is 18.3 Å². The van der Waals surface area contributed by atoms with E-state index in [0.717, 1.165) is 6.42 Å². The smallest absolute Gasteiger partial charge is 0.327 e. The molecule has 17 heavy (non-hydrogen) atoms. The van der Waals surface area contributed by atoms with Crippen LogP contribution in [0.25, 0.3) is 0 Å². The summed E-state index contributed by atoms with van der Waals surface area (Å²) in [6.45, 7) is 1.96. The fraction of sp³-hybridized carbons (Fsp3) is 0.455. The monoisotopic (exact) mass is 254 g/mol. The normalized spacial score (nSPS) is 23.9. The van der Waals surface area contributed by atoms with Crippen LogP contribution in [0.2, 0.25) is 0 Å². The number of H-pyrrole nitrogens is 1. The average molecular weight is 254 g/mol. The molecule has 1 aromatic heterocycles. The highest BCUT2D eigenvalue weighted by atomic mass is 32.2. The van der Waals surface area contributed by atoms with Gasteiger partial charge in [-0.15, -0.1) is 11.8 Å². The van der Waals surface area contributed by atoms with Gasteiger partial charge in [-0.05, 0) is 18.6 Å². The molecule has 2 unspecified atom stereocenters.